The van der Waals surface area contributed by atoms with Crippen molar-refractivity contribution in [1.29, 1.82) is 0 Å². The zero-order valence-electron chi connectivity index (χ0n) is 29.3. The Kier molecular flexibility index (Phi) is 6.44. The molecule has 258 valence electrons. The molecule has 0 fully saturated rings. The fourth-order valence-electron chi connectivity index (χ4n) is 8.44. The Morgan fingerprint density at radius 3 is 2.07 bits per heavy atom. The van der Waals surface area contributed by atoms with Crippen molar-refractivity contribution < 1.29 is 8.83 Å². The summed E-state index contributed by atoms with van der Waals surface area (Å²) >= 11 is 1.81. The first kappa shape index (κ1) is 30.3. The van der Waals surface area contributed by atoms with E-state index in [1.807, 2.05) is 59.9 Å². The Bertz CT molecular complexity index is 3450. The minimum Gasteiger partial charge on any atom is -0.456 e. The van der Waals surface area contributed by atoms with Crippen LogP contribution in [0.5, 0.6) is 0 Å². The largest absolute Gasteiger partial charge is 0.456 e. The predicted molar refractivity (Wildman–Crippen MR) is 229 cm³/mol. The molecular formula is C49H29N3O2S. The molecule has 12 rings (SSSR count). The smallest absolute Gasteiger partial charge is 0.227 e. The van der Waals surface area contributed by atoms with Crippen molar-refractivity contribution in [2.75, 3.05) is 4.90 Å². The minimum atomic E-state index is 0.563. The molecule has 8 aromatic carbocycles. The Labute approximate surface area is 318 Å². The van der Waals surface area contributed by atoms with Gasteiger partial charge in [0.1, 0.15) is 16.7 Å². The van der Waals surface area contributed by atoms with Crippen LogP contribution in [-0.2, 0) is 0 Å². The van der Waals surface area contributed by atoms with Crippen LogP contribution in [0, 0.1) is 0 Å². The van der Waals surface area contributed by atoms with E-state index < -0.39 is 0 Å². The van der Waals surface area contributed by atoms with Crippen molar-refractivity contribution in [3.8, 4) is 17.1 Å². The maximum atomic E-state index is 6.95. The normalized spacial score (nSPS) is 12.0. The number of anilines is 3. The molecule has 6 heteroatoms. The van der Waals surface area contributed by atoms with Crippen LogP contribution in [0.25, 0.3) is 92.2 Å². The molecule has 0 N–H and O–H groups in total. The molecule has 5 nitrogen and oxygen atoms in total. The van der Waals surface area contributed by atoms with Crippen LogP contribution in [0.4, 0.5) is 17.1 Å². The molecule has 4 aromatic heterocycles. The van der Waals surface area contributed by atoms with E-state index in [4.69, 9.17) is 13.8 Å². The van der Waals surface area contributed by atoms with Gasteiger partial charge in [-0.1, -0.05) is 103 Å². The molecule has 0 amide bonds. The first-order valence-electron chi connectivity index (χ1n) is 18.4. The van der Waals surface area contributed by atoms with Crippen molar-refractivity contribution in [2.45, 2.75) is 0 Å². The number of rotatable bonds is 5. The quantitative estimate of drug-likeness (QED) is 0.177. The molecule has 0 aliphatic carbocycles. The van der Waals surface area contributed by atoms with Gasteiger partial charge in [-0.05, 0) is 66.7 Å². The van der Waals surface area contributed by atoms with E-state index in [1.54, 1.807) is 0 Å². The van der Waals surface area contributed by atoms with Crippen molar-refractivity contribution >= 4 is 103 Å². The van der Waals surface area contributed by atoms with Crippen LogP contribution in [0.3, 0.4) is 0 Å². The van der Waals surface area contributed by atoms with Gasteiger partial charge in [-0.25, -0.2) is 4.98 Å². The van der Waals surface area contributed by atoms with Crippen LogP contribution in [0.15, 0.2) is 185 Å². The van der Waals surface area contributed by atoms with Gasteiger partial charge in [-0.3, -0.25) is 0 Å². The van der Waals surface area contributed by atoms with Crippen LogP contribution >= 0.6 is 11.3 Å². The lowest BCUT2D eigenvalue weighted by atomic mass is 10.1. The fourth-order valence-corrected chi connectivity index (χ4v) is 9.56. The van der Waals surface area contributed by atoms with Crippen molar-refractivity contribution in [3.05, 3.63) is 176 Å². The average molecular weight is 724 g/mol. The summed E-state index contributed by atoms with van der Waals surface area (Å²) in [6, 6.07) is 61.8. The van der Waals surface area contributed by atoms with Crippen LogP contribution in [-0.4, -0.2) is 9.55 Å². The summed E-state index contributed by atoms with van der Waals surface area (Å²) in [4.78, 5) is 7.59. The number of para-hydroxylation sites is 3. The van der Waals surface area contributed by atoms with E-state index in [0.717, 1.165) is 66.8 Å². The number of aromatic nitrogens is 2. The molecule has 0 radical (unpaired) electrons. The summed E-state index contributed by atoms with van der Waals surface area (Å²) in [6.45, 7) is 0. The van der Waals surface area contributed by atoms with Gasteiger partial charge in [0.15, 0.2) is 5.58 Å². The topological polar surface area (TPSA) is 47.3 Å². The third-order valence-corrected chi connectivity index (χ3v) is 11.9. The number of hydrogen-bond acceptors (Lipinski definition) is 5. The number of thiophene rings is 1. The van der Waals surface area contributed by atoms with Gasteiger partial charge in [0.25, 0.3) is 0 Å². The monoisotopic (exact) mass is 723 g/mol. The first-order chi connectivity index (χ1) is 27.3. The molecule has 0 aliphatic rings. The van der Waals surface area contributed by atoms with Crippen molar-refractivity contribution in [2.24, 2.45) is 0 Å². The molecule has 4 heterocycles. The number of oxazole rings is 1. The van der Waals surface area contributed by atoms with E-state index in [9.17, 15) is 0 Å². The minimum absolute atomic E-state index is 0.563. The van der Waals surface area contributed by atoms with Crippen molar-refractivity contribution in [1.82, 2.24) is 9.55 Å². The zero-order valence-corrected chi connectivity index (χ0v) is 30.1. The van der Waals surface area contributed by atoms with Gasteiger partial charge < -0.3 is 18.3 Å². The molecule has 55 heavy (non-hydrogen) atoms. The maximum absolute atomic E-state index is 6.95. The molecule has 0 spiro atoms. The van der Waals surface area contributed by atoms with Gasteiger partial charge in [-0.2, -0.15) is 0 Å². The molecule has 12 aromatic rings. The third kappa shape index (κ3) is 4.49. The molecule has 0 saturated heterocycles. The van der Waals surface area contributed by atoms with Crippen LogP contribution in [0.2, 0.25) is 0 Å². The Balaban J connectivity index is 1.23. The van der Waals surface area contributed by atoms with Gasteiger partial charge in [0.2, 0.25) is 5.89 Å². The number of hydrogen-bond donors (Lipinski definition) is 0. The lowest BCUT2D eigenvalue weighted by molar-refractivity contribution is 0.620. The summed E-state index contributed by atoms with van der Waals surface area (Å²) in [6.07, 6.45) is 0. The summed E-state index contributed by atoms with van der Waals surface area (Å²) in [7, 11) is 0. The SMILES string of the molecule is c1ccc(-c2nc3c(o2)c(N(c2ccc4c5ccccc5n(-c5ccccc5)c4c2)c2cccc4sc5ccccc5c24)cc2oc4ccccc4c23)cc1. The van der Waals surface area contributed by atoms with Gasteiger partial charge in [0, 0.05) is 59.3 Å². The molecule has 0 unspecified atom stereocenters. The first-order valence-corrected chi connectivity index (χ1v) is 19.2. The predicted octanol–water partition coefficient (Wildman–Crippen LogP) is 14.3. The van der Waals surface area contributed by atoms with Crippen LogP contribution in [0.1, 0.15) is 0 Å². The van der Waals surface area contributed by atoms with Crippen LogP contribution < -0.4 is 4.90 Å². The average Bonchev–Trinajstić information content (AvgIpc) is 4.02. The number of furan rings is 1. The molecule has 0 atom stereocenters. The lowest BCUT2D eigenvalue weighted by Gasteiger charge is -2.26. The summed E-state index contributed by atoms with van der Waals surface area (Å²) < 4.78 is 18.4. The third-order valence-electron chi connectivity index (χ3n) is 10.8. The zero-order chi connectivity index (χ0) is 36.0. The second-order valence-corrected chi connectivity index (χ2v) is 15.0. The maximum Gasteiger partial charge on any atom is 0.227 e. The van der Waals surface area contributed by atoms with Crippen molar-refractivity contribution in [3.63, 3.8) is 0 Å². The van der Waals surface area contributed by atoms with Gasteiger partial charge >= 0.3 is 0 Å². The number of nitrogens with zero attached hydrogens (tertiary/aromatic N) is 3. The lowest BCUT2D eigenvalue weighted by Crippen LogP contribution is -2.11. The van der Waals surface area contributed by atoms with E-state index in [0.29, 0.717) is 11.5 Å². The van der Waals surface area contributed by atoms with Gasteiger partial charge in [0.05, 0.1) is 27.8 Å². The Morgan fingerprint density at radius 1 is 0.491 bits per heavy atom. The Hall–Kier alpha value is -7.15. The van der Waals surface area contributed by atoms with E-state index in [2.05, 4.69) is 137 Å². The summed E-state index contributed by atoms with van der Waals surface area (Å²) in [5, 5.41) is 6.75. The second kappa shape index (κ2) is 11.7. The number of fused-ring (bicyclic) bond motifs is 11. The standard InChI is InChI=1S/C49H29N3O2S/c1-3-14-30(15-4-1)49-50-47-46-35-19-8-11-23-41(35)53-42(46)29-40(48(47)54-49)52(38-22-13-25-44-45(38)36-20-9-12-24-43(36)55-44)32-26-27-34-33-18-7-10-21-37(33)51(39(34)28-32)31-16-5-2-6-17-31/h1-29H. The molecule has 0 bridgehead atoms. The van der Waals surface area contributed by atoms with E-state index in [-0.39, 0.29) is 0 Å². The fraction of sp³-hybridized carbons (Fsp3) is 0. The highest BCUT2D eigenvalue weighted by Gasteiger charge is 2.27. The highest BCUT2D eigenvalue weighted by molar-refractivity contribution is 7.26. The van der Waals surface area contributed by atoms with E-state index >= 15 is 0 Å². The summed E-state index contributed by atoms with van der Waals surface area (Å²) in [5.74, 6) is 0.563. The highest BCUT2D eigenvalue weighted by Crippen LogP contribution is 2.50. The second-order valence-electron chi connectivity index (χ2n) is 13.9. The molecular weight excluding hydrogens is 695 g/mol. The number of benzene rings is 8. The van der Waals surface area contributed by atoms with E-state index in [1.165, 1.54) is 30.9 Å². The Morgan fingerprint density at radius 2 is 1.20 bits per heavy atom. The molecule has 0 aliphatic heterocycles. The van der Waals surface area contributed by atoms with Gasteiger partial charge in [-0.15, -0.1) is 11.3 Å². The highest BCUT2D eigenvalue weighted by atomic mass is 32.1. The molecule has 0 saturated carbocycles. The summed E-state index contributed by atoms with van der Waals surface area (Å²) in [5.41, 5.74) is 10.2.